The highest BCUT2D eigenvalue weighted by atomic mass is 19.4. The zero-order valence-electron chi connectivity index (χ0n) is 11.9. The van der Waals surface area contributed by atoms with Crippen molar-refractivity contribution in [2.75, 3.05) is 6.54 Å². The van der Waals surface area contributed by atoms with Gasteiger partial charge in [0.15, 0.2) is 11.6 Å². The van der Waals surface area contributed by atoms with E-state index in [1.807, 2.05) is 6.92 Å². The average Bonchev–Trinajstić information content (AvgIpc) is 2.39. The molecule has 0 aliphatic heterocycles. The second kappa shape index (κ2) is 8.32. The van der Waals surface area contributed by atoms with Gasteiger partial charge in [-0.2, -0.15) is 13.2 Å². The quantitative estimate of drug-likeness (QED) is 0.692. The Morgan fingerprint density at radius 2 is 1.90 bits per heavy atom. The summed E-state index contributed by atoms with van der Waals surface area (Å²) in [5.41, 5.74) is 0.190. The molecule has 6 heteroatoms. The molecule has 1 aromatic rings. The van der Waals surface area contributed by atoms with Gasteiger partial charge in [-0.1, -0.05) is 19.1 Å². The number of rotatable bonds is 8. The Labute approximate surface area is 121 Å². The predicted molar refractivity (Wildman–Crippen MR) is 72.0 cm³/mol. The molecule has 1 aromatic carbocycles. The molecule has 120 valence electrons. The van der Waals surface area contributed by atoms with Gasteiger partial charge in [-0.3, -0.25) is 0 Å². The maximum absolute atomic E-state index is 13.6. The highest BCUT2D eigenvalue weighted by Gasteiger charge is 2.26. The molecule has 0 saturated heterocycles. The van der Waals surface area contributed by atoms with Crippen LogP contribution in [0.15, 0.2) is 18.2 Å². The lowest BCUT2D eigenvalue weighted by Crippen LogP contribution is -2.32. The van der Waals surface area contributed by atoms with Gasteiger partial charge in [-0.05, 0) is 43.9 Å². The van der Waals surface area contributed by atoms with Gasteiger partial charge in [0, 0.05) is 12.5 Å². The van der Waals surface area contributed by atoms with Crippen molar-refractivity contribution in [3.05, 3.63) is 35.4 Å². The van der Waals surface area contributed by atoms with Crippen molar-refractivity contribution in [1.82, 2.24) is 5.32 Å². The standard InChI is InChI=1S/C15H20F5N/c1-2-9-21-12(6-4-8-15(18,19)20)10-11-5-3-7-13(16)14(11)17/h3,5,7,12,21H,2,4,6,8-10H2,1H3. The van der Waals surface area contributed by atoms with Crippen LogP contribution in [0.25, 0.3) is 0 Å². The van der Waals surface area contributed by atoms with Gasteiger partial charge in [0.05, 0.1) is 0 Å². The molecule has 0 heterocycles. The number of halogens is 5. The fraction of sp³-hybridized carbons (Fsp3) is 0.600. The monoisotopic (exact) mass is 309 g/mol. The Hall–Kier alpha value is -1.17. The summed E-state index contributed by atoms with van der Waals surface area (Å²) in [5.74, 6) is -1.85. The minimum Gasteiger partial charge on any atom is -0.314 e. The van der Waals surface area contributed by atoms with Crippen LogP contribution in [0.1, 0.15) is 38.2 Å². The Balaban J connectivity index is 2.62. The van der Waals surface area contributed by atoms with E-state index in [0.29, 0.717) is 6.54 Å². The second-order valence-electron chi connectivity index (χ2n) is 5.08. The summed E-state index contributed by atoms with van der Waals surface area (Å²) in [6.07, 6.45) is -3.79. The van der Waals surface area contributed by atoms with Gasteiger partial charge in [0.25, 0.3) is 0 Å². The Bertz CT molecular complexity index is 431. The van der Waals surface area contributed by atoms with Gasteiger partial charge < -0.3 is 5.32 Å². The fourth-order valence-electron chi connectivity index (χ4n) is 2.15. The lowest BCUT2D eigenvalue weighted by Gasteiger charge is -2.19. The van der Waals surface area contributed by atoms with Gasteiger partial charge in [0.2, 0.25) is 0 Å². The highest BCUT2D eigenvalue weighted by molar-refractivity contribution is 5.20. The molecule has 0 fully saturated rings. The third-order valence-electron chi connectivity index (χ3n) is 3.19. The summed E-state index contributed by atoms with van der Waals surface area (Å²) in [7, 11) is 0. The zero-order chi connectivity index (χ0) is 15.9. The van der Waals surface area contributed by atoms with Crippen molar-refractivity contribution >= 4 is 0 Å². The first kappa shape index (κ1) is 17.9. The molecule has 1 rings (SSSR count). The van der Waals surface area contributed by atoms with E-state index in [2.05, 4.69) is 5.32 Å². The molecule has 1 nitrogen and oxygen atoms in total. The third-order valence-corrected chi connectivity index (χ3v) is 3.19. The molecule has 0 saturated carbocycles. The van der Waals surface area contributed by atoms with Crippen LogP contribution in [-0.2, 0) is 6.42 Å². The third kappa shape index (κ3) is 6.89. The van der Waals surface area contributed by atoms with Gasteiger partial charge in [-0.25, -0.2) is 8.78 Å². The fourth-order valence-corrected chi connectivity index (χ4v) is 2.15. The molecular weight excluding hydrogens is 289 g/mol. The summed E-state index contributed by atoms with van der Waals surface area (Å²) in [6, 6.07) is 3.60. The second-order valence-corrected chi connectivity index (χ2v) is 5.08. The smallest absolute Gasteiger partial charge is 0.314 e. The normalized spacial score (nSPS) is 13.4. The summed E-state index contributed by atoms with van der Waals surface area (Å²) in [4.78, 5) is 0. The molecule has 0 aromatic heterocycles. The molecule has 1 N–H and O–H groups in total. The van der Waals surface area contributed by atoms with E-state index in [1.165, 1.54) is 12.1 Å². The van der Waals surface area contributed by atoms with Crippen LogP contribution in [0.2, 0.25) is 0 Å². The maximum atomic E-state index is 13.6. The number of alkyl halides is 3. The van der Waals surface area contributed by atoms with Crippen LogP contribution >= 0.6 is 0 Å². The average molecular weight is 309 g/mol. The van der Waals surface area contributed by atoms with Crippen molar-refractivity contribution in [2.45, 2.75) is 51.2 Å². The lowest BCUT2D eigenvalue weighted by molar-refractivity contribution is -0.135. The topological polar surface area (TPSA) is 12.0 Å². The van der Waals surface area contributed by atoms with Crippen molar-refractivity contribution in [1.29, 1.82) is 0 Å². The highest BCUT2D eigenvalue weighted by Crippen LogP contribution is 2.23. The molecule has 0 aliphatic carbocycles. The molecule has 0 aliphatic rings. The summed E-state index contributed by atoms with van der Waals surface area (Å²) in [5, 5.41) is 3.09. The molecule has 0 spiro atoms. The van der Waals surface area contributed by atoms with E-state index in [-0.39, 0.29) is 30.9 Å². The lowest BCUT2D eigenvalue weighted by atomic mass is 10.00. The Morgan fingerprint density at radius 1 is 1.19 bits per heavy atom. The maximum Gasteiger partial charge on any atom is 0.389 e. The molecule has 1 atom stereocenters. The first-order valence-electron chi connectivity index (χ1n) is 7.06. The first-order chi connectivity index (χ1) is 9.83. The number of hydrogen-bond donors (Lipinski definition) is 1. The van der Waals surface area contributed by atoms with Crippen LogP contribution in [-0.4, -0.2) is 18.8 Å². The largest absolute Gasteiger partial charge is 0.389 e. The SMILES string of the molecule is CCCNC(CCCC(F)(F)F)Cc1cccc(F)c1F. The summed E-state index contributed by atoms with van der Waals surface area (Å²) >= 11 is 0. The minimum atomic E-state index is -4.18. The van der Waals surface area contributed by atoms with Crippen LogP contribution < -0.4 is 5.32 Å². The van der Waals surface area contributed by atoms with Gasteiger partial charge in [-0.15, -0.1) is 0 Å². The minimum absolute atomic E-state index is 0.0260. The molecule has 0 amide bonds. The van der Waals surface area contributed by atoms with Crippen LogP contribution in [0.4, 0.5) is 22.0 Å². The molecular formula is C15H20F5N. The van der Waals surface area contributed by atoms with Crippen molar-refractivity contribution < 1.29 is 22.0 Å². The van der Waals surface area contributed by atoms with Crippen molar-refractivity contribution in [3.8, 4) is 0 Å². The summed E-state index contributed by atoms with van der Waals surface area (Å²) < 4.78 is 63.3. The summed E-state index contributed by atoms with van der Waals surface area (Å²) in [6.45, 7) is 2.57. The number of hydrogen-bond acceptors (Lipinski definition) is 1. The Kier molecular flexibility index (Phi) is 7.08. The molecule has 21 heavy (non-hydrogen) atoms. The van der Waals surface area contributed by atoms with E-state index < -0.39 is 24.2 Å². The van der Waals surface area contributed by atoms with E-state index in [0.717, 1.165) is 12.5 Å². The van der Waals surface area contributed by atoms with Gasteiger partial charge >= 0.3 is 6.18 Å². The van der Waals surface area contributed by atoms with E-state index in [1.54, 1.807) is 0 Å². The van der Waals surface area contributed by atoms with Crippen LogP contribution in [0.3, 0.4) is 0 Å². The van der Waals surface area contributed by atoms with Gasteiger partial charge in [0.1, 0.15) is 0 Å². The van der Waals surface area contributed by atoms with Crippen LogP contribution in [0.5, 0.6) is 0 Å². The molecule has 0 radical (unpaired) electrons. The zero-order valence-corrected chi connectivity index (χ0v) is 11.9. The molecule has 1 unspecified atom stereocenters. The van der Waals surface area contributed by atoms with Crippen molar-refractivity contribution in [2.24, 2.45) is 0 Å². The predicted octanol–water partition coefficient (Wildman–Crippen LogP) is 4.61. The molecule has 0 bridgehead atoms. The Morgan fingerprint density at radius 3 is 2.52 bits per heavy atom. The van der Waals surface area contributed by atoms with E-state index in [9.17, 15) is 22.0 Å². The van der Waals surface area contributed by atoms with E-state index in [4.69, 9.17) is 0 Å². The number of nitrogens with one attached hydrogen (secondary N) is 1. The van der Waals surface area contributed by atoms with Crippen LogP contribution in [0, 0.1) is 11.6 Å². The number of benzene rings is 1. The van der Waals surface area contributed by atoms with Crippen molar-refractivity contribution in [3.63, 3.8) is 0 Å². The van der Waals surface area contributed by atoms with E-state index >= 15 is 0 Å². The first-order valence-corrected chi connectivity index (χ1v) is 7.06.